The van der Waals surface area contributed by atoms with E-state index in [0.29, 0.717) is 0 Å². The molecule has 92 valence electrons. The Morgan fingerprint density at radius 2 is 2.12 bits per heavy atom. The van der Waals surface area contributed by atoms with Gasteiger partial charge in [-0.2, -0.15) is 11.3 Å². The summed E-state index contributed by atoms with van der Waals surface area (Å²) < 4.78 is 2.36. The molecular formula is C14H20N2S. The van der Waals surface area contributed by atoms with E-state index < -0.39 is 0 Å². The summed E-state index contributed by atoms with van der Waals surface area (Å²) >= 11 is 1.76. The number of hydrogen-bond donors (Lipinski definition) is 1. The minimum Gasteiger partial charge on any atom is -0.349 e. The Morgan fingerprint density at radius 3 is 2.71 bits per heavy atom. The molecule has 1 N–H and O–H groups in total. The van der Waals surface area contributed by atoms with Crippen molar-refractivity contribution in [3.05, 3.63) is 45.4 Å². The van der Waals surface area contributed by atoms with E-state index in [0.717, 1.165) is 19.6 Å². The molecular weight excluding hydrogens is 228 g/mol. The van der Waals surface area contributed by atoms with Crippen molar-refractivity contribution in [2.24, 2.45) is 0 Å². The summed E-state index contributed by atoms with van der Waals surface area (Å²) in [6, 6.07) is 4.46. The average Bonchev–Trinajstić information content (AvgIpc) is 2.89. The molecule has 17 heavy (non-hydrogen) atoms. The Bertz CT molecular complexity index is 469. The first-order valence-electron chi connectivity index (χ1n) is 6.09. The predicted molar refractivity (Wildman–Crippen MR) is 74.4 cm³/mol. The SMILES string of the molecule is CCn1c(C)cc(CNCc2ccsc2)c1C. The molecule has 0 fully saturated rings. The number of nitrogens with one attached hydrogen (secondary N) is 1. The second-order valence-corrected chi connectivity index (χ2v) is 5.16. The average molecular weight is 248 g/mol. The maximum atomic E-state index is 3.50. The highest BCUT2D eigenvalue weighted by Crippen LogP contribution is 2.15. The Balaban J connectivity index is 1.95. The molecule has 2 aromatic rings. The molecule has 0 unspecified atom stereocenters. The molecule has 0 aromatic carbocycles. The highest BCUT2D eigenvalue weighted by atomic mass is 32.1. The third-order valence-corrected chi connectivity index (χ3v) is 3.95. The minimum absolute atomic E-state index is 0.954. The fraction of sp³-hybridized carbons (Fsp3) is 0.429. The molecule has 0 saturated carbocycles. The van der Waals surface area contributed by atoms with Crippen molar-refractivity contribution in [3.63, 3.8) is 0 Å². The van der Waals surface area contributed by atoms with Gasteiger partial charge < -0.3 is 9.88 Å². The number of hydrogen-bond acceptors (Lipinski definition) is 2. The molecule has 2 nitrogen and oxygen atoms in total. The van der Waals surface area contributed by atoms with Crippen molar-refractivity contribution in [2.75, 3.05) is 0 Å². The Kier molecular flexibility index (Phi) is 4.02. The number of nitrogens with zero attached hydrogens (tertiary/aromatic N) is 1. The molecule has 0 atom stereocenters. The third kappa shape index (κ3) is 2.79. The molecule has 2 heterocycles. The summed E-state index contributed by atoms with van der Waals surface area (Å²) in [5.41, 5.74) is 5.54. The van der Waals surface area contributed by atoms with Crippen molar-refractivity contribution in [2.45, 2.75) is 40.4 Å². The van der Waals surface area contributed by atoms with Gasteiger partial charge in [0, 0.05) is 31.0 Å². The summed E-state index contributed by atoms with van der Waals surface area (Å²) in [5.74, 6) is 0. The lowest BCUT2D eigenvalue weighted by atomic mass is 10.2. The van der Waals surface area contributed by atoms with E-state index >= 15 is 0 Å². The van der Waals surface area contributed by atoms with Gasteiger partial charge in [-0.15, -0.1) is 0 Å². The molecule has 2 rings (SSSR count). The van der Waals surface area contributed by atoms with E-state index in [1.165, 1.54) is 22.5 Å². The maximum Gasteiger partial charge on any atom is 0.0226 e. The highest BCUT2D eigenvalue weighted by molar-refractivity contribution is 7.07. The van der Waals surface area contributed by atoms with Crippen molar-refractivity contribution in [1.29, 1.82) is 0 Å². The molecule has 0 bridgehead atoms. The molecule has 0 aliphatic heterocycles. The van der Waals surface area contributed by atoms with Crippen LogP contribution in [0.3, 0.4) is 0 Å². The fourth-order valence-corrected chi connectivity index (χ4v) is 2.94. The summed E-state index contributed by atoms with van der Waals surface area (Å²) in [4.78, 5) is 0. The molecule has 0 spiro atoms. The molecule has 0 amide bonds. The first kappa shape index (κ1) is 12.4. The minimum atomic E-state index is 0.954. The van der Waals surface area contributed by atoms with Crippen LogP contribution in [-0.4, -0.2) is 4.57 Å². The van der Waals surface area contributed by atoms with Gasteiger partial charge in [-0.3, -0.25) is 0 Å². The van der Waals surface area contributed by atoms with Crippen molar-refractivity contribution in [1.82, 2.24) is 9.88 Å². The molecule has 0 radical (unpaired) electrons. The van der Waals surface area contributed by atoms with Gasteiger partial charge in [-0.05, 0) is 54.8 Å². The molecule has 2 aromatic heterocycles. The lowest BCUT2D eigenvalue weighted by Gasteiger charge is -2.06. The lowest BCUT2D eigenvalue weighted by molar-refractivity contribution is 0.676. The number of thiophene rings is 1. The van der Waals surface area contributed by atoms with E-state index in [4.69, 9.17) is 0 Å². The van der Waals surface area contributed by atoms with Crippen molar-refractivity contribution >= 4 is 11.3 Å². The monoisotopic (exact) mass is 248 g/mol. The van der Waals surface area contributed by atoms with Gasteiger partial charge in [-0.25, -0.2) is 0 Å². The van der Waals surface area contributed by atoms with Crippen LogP contribution in [0, 0.1) is 13.8 Å². The normalized spacial score (nSPS) is 11.0. The lowest BCUT2D eigenvalue weighted by Crippen LogP contribution is -2.12. The van der Waals surface area contributed by atoms with Gasteiger partial charge in [0.25, 0.3) is 0 Å². The van der Waals surface area contributed by atoms with Gasteiger partial charge in [0.1, 0.15) is 0 Å². The first-order chi connectivity index (χ1) is 8.22. The second kappa shape index (κ2) is 5.52. The van der Waals surface area contributed by atoms with E-state index in [9.17, 15) is 0 Å². The summed E-state index contributed by atoms with van der Waals surface area (Å²) in [7, 11) is 0. The van der Waals surface area contributed by atoms with Crippen LogP contribution in [0.15, 0.2) is 22.9 Å². The van der Waals surface area contributed by atoms with Crippen LogP contribution < -0.4 is 5.32 Å². The predicted octanol–water partition coefficient (Wildman–Crippen LogP) is 3.48. The smallest absolute Gasteiger partial charge is 0.0226 e. The standard InChI is InChI=1S/C14H20N2S/c1-4-16-11(2)7-14(12(16)3)9-15-8-13-5-6-17-10-13/h5-7,10,15H,4,8-9H2,1-3H3. The van der Waals surface area contributed by atoms with Gasteiger partial charge >= 0.3 is 0 Å². The molecule has 3 heteroatoms. The summed E-state index contributed by atoms with van der Waals surface area (Å²) in [6.07, 6.45) is 0. The van der Waals surface area contributed by atoms with Gasteiger partial charge in [0.15, 0.2) is 0 Å². The molecule has 0 aliphatic carbocycles. The Labute approximate surface area is 107 Å². The van der Waals surface area contributed by atoms with Crippen LogP contribution >= 0.6 is 11.3 Å². The van der Waals surface area contributed by atoms with Crippen molar-refractivity contribution in [3.8, 4) is 0 Å². The Hall–Kier alpha value is -1.06. The van der Waals surface area contributed by atoms with Gasteiger partial charge in [0.05, 0.1) is 0 Å². The van der Waals surface area contributed by atoms with Crippen LogP contribution in [-0.2, 0) is 19.6 Å². The van der Waals surface area contributed by atoms with Crippen LogP contribution in [0.25, 0.3) is 0 Å². The van der Waals surface area contributed by atoms with E-state index in [-0.39, 0.29) is 0 Å². The molecule has 0 saturated heterocycles. The van der Waals surface area contributed by atoms with E-state index in [1.54, 1.807) is 11.3 Å². The zero-order valence-corrected chi connectivity index (χ0v) is 11.6. The van der Waals surface area contributed by atoms with E-state index in [2.05, 4.69) is 53.5 Å². The largest absolute Gasteiger partial charge is 0.349 e. The number of rotatable bonds is 5. The zero-order chi connectivity index (χ0) is 12.3. The van der Waals surface area contributed by atoms with Crippen LogP contribution in [0.1, 0.15) is 29.4 Å². The zero-order valence-electron chi connectivity index (χ0n) is 10.8. The van der Waals surface area contributed by atoms with Crippen LogP contribution in [0.2, 0.25) is 0 Å². The Morgan fingerprint density at radius 1 is 1.29 bits per heavy atom. The van der Waals surface area contributed by atoms with E-state index in [1.807, 2.05) is 0 Å². The fourth-order valence-electron chi connectivity index (χ4n) is 2.27. The van der Waals surface area contributed by atoms with Gasteiger partial charge in [0.2, 0.25) is 0 Å². The molecule has 0 aliphatic rings. The third-order valence-electron chi connectivity index (χ3n) is 3.22. The first-order valence-corrected chi connectivity index (χ1v) is 7.04. The second-order valence-electron chi connectivity index (χ2n) is 4.38. The van der Waals surface area contributed by atoms with Gasteiger partial charge in [-0.1, -0.05) is 0 Å². The van der Waals surface area contributed by atoms with Crippen LogP contribution in [0.5, 0.6) is 0 Å². The number of aryl methyl sites for hydroxylation is 1. The van der Waals surface area contributed by atoms with Crippen molar-refractivity contribution < 1.29 is 0 Å². The maximum absolute atomic E-state index is 3.50. The highest BCUT2D eigenvalue weighted by Gasteiger charge is 2.06. The summed E-state index contributed by atoms with van der Waals surface area (Å²) in [5, 5.41) is 7.82. The topological polar surface area (TPSA) is 17.0 Å². The summed E-state index contributed by atoms with van der Waals surface area (Å²) in [6.45, 7) is 9.55. The number of aromatic nitrogens is 1. The quantitative estimate of drug-likeness (QED) is 0.857. The van der Waals surface area contributed by atoms with Crippen LogP contribution in [0.4, 0.5) is 0 Å².